The van der Waals surface area contributed by atoms with Crippen LogP contribution in [0.15, 0.2) is 46.3 Å². The second kappa shape index (κ2) is 9.57. The molecule has 9 heteroatoms. The first-order chi connectivity index (χ1) is 14.7. The van der Waals surface area contributed by atoms with E-state index in [0.717, 1.165) is 34.1 Å². The highest BCUT2D eigenvalue weighted by molar-refractivity contribution is 7.99. The van der Waals surface area contributed by atoms with E-state index < -0.39 is 5.56 Å². The van der Waals surface area contributed by atoms with Crippen molar-refractivity contribution in [1.29, 1.82) is 0 Å². The number of aromatic amines is 1. The second-order valence-corrected chi connectivity index (χ2v) is 8.11. The zero-order chi connectivity index (χ0) is 22.5. The maximum absolute atomic E-state index is 12.6. The average Bonchev–Trinajstić information content (AvgIpc) is 2.70. The number of aryl methyl sites for hydroxylation is 3. The van der Waals surface area contributed by atoms with Crippen molar-refractivity contribution in [3.8, 4) is 11.3 Å². The van der Waals surface area contributed by atoms with Crippen molar-refractivity contribution in [3.63, 3.8) is 0 Å². The number of carbonyl (C=O) groups is 2. The molecule has 160 valence electrons. The van der Waals surface area contributed by atoms with E-state index >= 15 is 0 Å². The number of carbonyl (C=O) groups excluding carboxylic acids is 2. The minimum Gasteiger partial charge on any atom is -0.326 e. The van der Waals surface area contributed by atoms with Gasteiger partial charge in [-0.15, -0.1) is 10.2 Å². The van der Waals surface area contributed by atoms with Gasteiger partial charge < -0.3 is 10.6 Å². The largest absolute Gasteiger partial charge is 0.326 e. The molecule has 0 bridgehead atoms. The van der Waals surface area contributed by atoms with Gasteiger partial charge in [-0.1, -0.05) is 41.6 Å². The predicted molar refractivity (Wildman–Crippen MR) is 122 cm³/mol. The van der Waals surface area contributed by atoms with Crippen LogP contribution in [0.25, 0.3) is 11.3 Å². The molecule has 0 atom stereocenters. The number of benzene rings is 2. The highest BCUT2D eigenvalue weighted by atomic mass is 32.2. The molecule has 0 aliphatic heterocycles. The van der Waals surface area contributed by atoms with Gasteiger partial charge in [-0.3, -0.25) is 19.4 Å². The van der Waals surface area contributed by atoms with Gasteiger partial charge in [0.05, 0.1) is 11.4 Å². The lowest BCUT2D eigenvalue weighted by molar-refractivity contribution is -0.114. The lowest BCUT2D eigenvalue weighted by atomic mass is 10.1. The average molecular weight is 438 g/mol. The van der Waals surface area contributed by atoms with Crippen LogP contribution in [0.5, 0.6) is 0 Å². The molecule has 0 unspecified atom stereocenters. The molecule has 0 radical (unpaired) electrons. The van der Waals surface area contributed by atoms with Crippen LogP contribution >= 0.6 is 11.8 Å². The molecule has 0 aliphatic carbocycles. The van der Waals surface area contributed by atoms with Crippen molar-refractivity contribution in [2.24, 2.45) is 0 Å². The molecule has 0 spiro atoms. The number of hydrogen-bond donors (Lipinski definition) is 3. The Morgan fingerprint density at radius 2 is 1.74 bits per heavy atom. The molecular weight excluding hydrogens is 414 g/mol. The summed E-state index contributed by atoms with van der Waals surface area (Å²) in [7, 11) is 0. The van der Waals surface area contributed by atoms with Crippen LogP contribution in [-0.4, -0.2) is 32.7 Å². The Morgan fingerprint density at radius 3 is 2.39 bits per heavy atom. The lowest BCUT2D eigenvalue weighted by Gasteiger charge is -2.11. The first kappa shape index (κ1) is 22.2. The molecule has 0 aliphatic rings. The number of rotatable bonds is 6. The molecule has 1 aromatic heterocycles. The SMILES string of the molecule is CC(=O)Nc1ccc(C)cc1-c1nnc(SCC(=O)Nc2c(C)cccc2C)[nH]c1=O. The Morgan fingerprint density at radius 1 is 1.03 bits per heavy atom. The lowest BCUT2D eigenvalue weighted by Crippen LogP contribution is -2.18. The molecule has 2 amide bonds. The highest BCUT2D eigenvalue weighted by Gasteiger charge is 2.15. The Labute approximate surface area is 183 Å². The van der Waals surface area contributed by atoms with Gasteiger partial charge in [-0.05, 0) is 44.0 Å². The summed E-state index contributed by atoms with van der Waals surface area (Å²) < 4.78 is 0. The molecule has 2 aromatic carbocycles. The molecule has 0 saturated heterocycles. The second-order valence-electron chi connectivity index (χ2n) is 7.14. The van der Waals surface area contributed by atoms with Crippen molar-refractivity contribution in [1.82, 2.24) is 15.2 Å². The molecule has 1 heterocycles. The van der Waals surface area contributed by atoms with Crippen molar-refractivity contribution in [2.45, 2.75) is 32.9 Å². The Bertz CT molecular complexity index is 1190. The van der Waals surface area contributed by atoms with Gasteiger partial charge in [0.1, 0.15) is 0 Å². The summed E-state index contributed by atoms with van der Waals surface area (Å²) >= 11 is 1.08. The third-order valence-electron chi connectivity index (χ3n) is 4.50. The molecule has 3 aromatic rings. The van der Waals surface area contributed by atoms with Gasteiger partial charge in [0, 0.05) is 18.2 Å². The number of hydrogen-bond acceptors (Lipinski definition) is 6. The van der Waals surface area contributed by atoms with Crippen molar-refractivity contribution >= 4 is 35.0 Å². The zero-order valence-electron chi connectivity index (χ0n) is 17.7. The maximum atomic E-state index is 12.6. The first-order valence-electron chi connectivity index (χ1n) is 9.59. The summed E-state index contributed by atoms with van der Waals surface area (Å²) in [6.07, 6.45) is 0. The number of amides is 2. The first-order valence-corrected chi connectivity index (χ1v) is 10.6. The molecule has 3 N–H and O–H groups in total. The summed E-state index contributed by atoms with van der Waals surface area (Å²) in [5.74, 6) is -0.392. The molecule has 0 fully saturated rings. The number of para-hydroxylation sites is 1. The van der Waals surface area contributed by atoms with Crippen molar-refractivity contribution < 1.29 is 9.59 Å². The molecular formula is C22H23N5O3S. The van der Waals surface area contributed by atoms with Crippen LogP contribution < -0.4 is 16.2 Å². The third-order valence-corrected chi connectivity index (χ3v) is 5.37. The predicted octanol–water partition coefficient (Wildman–Crippen LogP) is 3.45. The van der Waals surface area contributed by atoms with E-state index in [2.05, 4.69) is 25.8 Å². The summed E-state index contributed by atoms with van der Waals surface area (Å²) in [5, 5.41) is 13.9. The van der Waals surface area contributed by atoms with Crippen LogP contribution in [0.2, 0.25) is 0 Å². The van der Waals surface area contributed by atoms with E-state index in [9.17, 15) is 14.4 Å². The monoisotopic (exact) mass is 437 g/mol. The summed E-state index contributed by atoms with van der Waals surface area (Å²) in [6.45, 7) is 7.13. The number of anilines is 2. The van der Waals surface area contributed by atoms with Crippen LogP contribution in [0.1, 0.15) is 23.6 Å². The smallest absolute Gasteiger partial charge is 0.278 e. The van der Waals surface area contributed by atoms with Crippen LogP contribution in [0.3, 0.4) is 0 Å². The molecule has 31 heavy (non-hydrogen) atoms. The third kappa shape index (κ3) is 5.58. The van der Waals surface area contributed by atoms with Gasteiger partial charge in [-0.2, -0.15) is 0 Å². The summed E-state index contributed by atoms with van der Waals surface area (Å²) in [4.78, 5) is 39.1. The Balaban J connectivity index is 1.75. The van der Waals surface area contributed by atoms with Gasteiger partial charge in [0.2, 0.25) is 11.8 Å². The van der Waals surface area contributed by atoms with Gasteiger partial charge in [-0.25, -0.2) is 0 Å². The normalized spacial score (nSPS) is 10.6. The van der Waals surface area contributed by atoms with E-state index in [-0.39, 0.29) is 28.4 Å². The van der Waals surface area contributed by atoms with Gasteiger partial charge in [0.15, 0.2) is 10.9 Å². The Kier molecular flexibility index (Phi) is 6.86. The maximum Gasteiger partial charge on any atom is 0.278 e. The fourth-order valence-electron chi connectivity index (χ4n) is 3.04. The number of thioether (sulfide) groups is 1. The van der Waals surface area contributed by atoms with Gasteiger partial charge >= 0.3 is 0 Å². The number of aromatic nitrogens is 3. The van der Waals surface area contributed by atoms with E-state index in [0.29, 0.717) is 11.3 Å². The minimum atomic E-state index is -0.454. The zero-order valence-corrected chi connectivity index (χ0v) is 18.5. The van der Waals surface area contributed by atoms with Crippen molar-refractivity contribution in [3.05, 3.63) is 63.4 Å². The fourth-order valence-corrected chi connectivity index (χ4v) is 3.64. The van der Waals surface area contributed by atoms with E-state index in [4.69, 9.17) is 0 Å². The van der Waals surface area contributed by atoms with Crippen LogP contribution in [0.4, 0.5) is 11.4 Å². The standard InChI is InChI=1S/C22H23N5O3S/c1-12-8-9-17(23-15(4)28)16(10-12)20-21(30)25-22(27-26-20)31-11-18(29)24-19-13(2)6-5-7-14(19)3/h5-10H,11H2,1-4H3,(H,23,28)(H,24,29)(H,25,27,30). The van der Waals surface area contributed by atoms with Crippen LogP contribution in [-0.2, 0) is 9.59 Å². The quantitative estimate of drug-likeness (QED) is 0.509. The molecule has 8 nitrogen and oxygen atoms in total. The van der Waals surface area contributed by atoms with Crippen molar-refractivity contribution in [2.75, 3.05) is 16.4 Å². The number of H-pyrrole nitrogens is 1. The van der Waals surface area contributed by atoms with E-state index in [1.165, 1.54) is 6.92 Å². The minimum absolute atomic E-state index is 0.0688. The summed E-state index contributed by atoms with van der Waals surface area (Å²) in [6, 6.07) is 11.1. The number of nitrogens with one attached hydrogen (secondary N) is 3. The van der Waals surface area contributed by atoms with Crippen LogP contribution in [0, 0.1) is 20.8 Å². The van der Waals surface area contributed by atoms with E-state index in [1.807, 2.05) is 45.0 Å². The highest BCUT2D eigenvalue weighted by Crippen LogP contribution is 2.26. The number of nitrogens with zero attached hydrogens (tertiary/aromatic N) is 2. The fraction of sp³-hybridized carbons (Fsp3) is 0.227. The van der Waals surface area contributed by atoms with E-state index in [1.54, 1.807) is 12.1 Å². The molecule has 3 rings (SSSR count). The van der Waals surface area contributed by atoms with Gasteiger partial charge in [0.25, 0.3) is 5.56 Å². The summed E-state index contributed by atoms with van der Waals surface area (Å²) in [5.41, 5.74) is 4.24. The Hall–Kier alpha value is -3.46. The topological polar surface area (TPSA) is 117 Å². The molecule has 0 saturated carbocycles.